The second-order valence-corrected chi connectivity index (χ2v) is 7.08. The van der Waals surface area contributed by atoms with Crippen LogP contribution in [0, 0.1) is 6.92 Å². The van der Waals surface area contributed by atoms with Gasteiger partial charge in [-0.1, -0.05) is 6.92 Å². The number of rotatable bonds is 4. The minimum atomic E-state index is -1.09. The Kier molecular flexibility index (Phi) is 4.16. The number of hydrogen-bond donors (Lipinski definition) is 2. The molecule has 0 saturated heterocycles. The molecule has 1 aliphatic rings. The van der Waals surface area contributed by atoms with Gasteiger partial charge in [0.25, 0.3) is 5.56 Å². The highest BCUT2D eigenvalue weighted by atomic mass is 32.1. The smallest absolute Gasteiger partial charge is 0.326 e. The number of nitrogens with zero attached hydrogens (tertiary/aromatic N) is 2. The Hall–Kier alpha value is -2.22. The predicted octanol–water partition coefficient (Wildman–Crippen LogP) is 2.31. The molecule has 8 heteroatoms. The van der Waals surface area contributed by atoms with Crippen molar-refractivity contribution in [1.29, 1.82) is 0 Å². The van der Waals surface area contributed by atoms with Crippen LogP contribution in [0.4, 0.5) is 0 Å². The molecule has 24 heavy (non-hydrogen) atoms. The van der Waals surface area contributed by atoms with E-state index in [9.17, 15) is 24.6 Å². The third kappa shape index (κ3) is 2.41. The molecule has 0 fully saturated rings. The van der Waals surface area contributed by atoms with Crippen molar-refractivity contribution in [3.05, 3.63) is 26.6 Å². The summed E-state index contributed by atoms with van der Waals surface area (Å²) < 4.78 is 1.19. The fraction of sp³-hybridized carbons (Fsp3) is 0.500. The third-order valence-electron chi connectivity index (χ3n) is 4.57. The van der Waals surface area contributed by atoms with Crippen molar-refractivity contribution < 1.29 is 19.8 Å². The van der Waals surface area contributed by atoms with Gasteiger partial charge >= 0.3 is 11.9 Å². The Morgan fingerprint density at radius 2 is 2.12 bits per heavy atom. The molecule has 2 atom stereocenters. The Morgan fingerprint density at radius 1 is 1.42 bits per heavy atom. The summed E-state index contributed by atoms with van der Waals surface area (Å²) in [6, 6.07) is -1.00. The first kappa shape index (κ1) is 16.6. The SMILES string of the molecule is CCC(C(=O)O)n1c(C)nc2sc3c(c2c1=O)C(C(=O)O)CCC3. The van der Waals surface area contributed by atoms with E-state index in [1.165, 1.54) is 15.9 Å². The lowest BCUT2D eigenvalue weighted by Crippen LogP contribution is -2.32. The van der Waals surface area contributed by atoms with Gasteiger partial charge in [-0.25, -0.2) is 9.78 Å². The second kappa shape index (κ2) is 6.01. The molecular weight excluding hydrogens is 332 g/mol. The van der Waals surface area contributed by atoms with Gasteiger partial charge < -0.3 is 10.2 Å². The van der Waals surface area contributed by atoms with Crippen molar-refractivity contribution >= 4 is 33.5 Å². The van der Waals surface area contributed by atoms with Crippen LogP contribution in [0.15, 0.2) is 4.79 Å². The summed E-state index contributed by atoms with van der Waals surface area (Å²) in [6.45, 7) is 3.30. The lowest BCUT2D eigenvalue weighted by molar-refractivity contribution is -0.141. The van der Waals surface area contributed by atoms with Crippen LogP contribution in [-0.4, -0.2) is 31.7 Å². The molecule has 3 rings (SSSR count). The van der Waals surface area contributed by atoms with Crippen molar-refractivity contribution in [3.8, 4) is 0 Å². The van der Waals surface area contributed by atoms with E-state index < -0.39 is 29.5 Å². The van der Waals surface area contributed by atoms with E-state index in [4.69, 9.17) is 0 Å². The van der Waals surface area contributed by atoms with Gasteiger partial charge in [-0.3, -0.25) is 14.2 Å². The zero-order valence-electron chi connectivity index (χ0n) is 13.4. The predicted molar refractivity (Wildman–Crippen MR) is 88.9 cm³/mol. The van der Waals surface area contributed by atoms with Gasteiger partial charge in [-0.15, -0.1) is 11.3 Å². The maximum absolute atomic E-state index is 13.0. The number of fused-ring (bicyclic) bond motifs is 3. The Balaban J connectivity index is 2.36. The van der Waals surface area contributed by atoms with E-state index >= 15 is 0 Å². The highest BCUT2D eigenvalue weighted by molar-refractivity contribution is 7.18. The number of aromatic nitrogens is 2. The van der Waals surface area contributed by atoms with E-state index in [1.54, 1.807) is 13.8 Å². The summed E-state index contributed by atoms with van der Waals surface area (Å²) in [5.74, 6) is -2.43. The van der Waals surface area contributed by atoms with Crippen molar-refractivity contribution in [2.75, 3.05) is 0 Å². The van der Waals surface area contributed by atoms with Crippen molar-refractivity contribution in [2.45, 2.75) is 51.5 Å². The van der Waals surface area contributed by atoms with E-state index in [0.29, 0.717) is 22.6 Å². The molecule has 2 N–H and O–H groups in total. The third-order valence-corrected chi connectivity index (χ3v) is 5.73. The quantitative estimate of drug-likeness (QED) is 0.875. The van der Waals surface area contributed by atoms with Gasteiger partial charge in [-0.05, 0) is 38.2 Å². The molecule has 2 heterocycles. The molecule has 128 valence electrons. The molecule has 7 nitrogen and oxygen atoms in total. The number of thiophene rings is 1. The normalized spacial score (nSPS) is 18.3. The first-order chi connectivity index (χ1) is 11.4. The minimum absolute atomic E-state index is 0.248. The molecule has 2 aromatic rings. The lowest BCUT2D eigenvalue weighted by Gasteiger charge is -2.20. The van der Waals surface area contributed by atoms with Crippen molar-refractivity contribution in [2.24, 2.45) is 0 Å². The molecule has 0 amide bonds. The van der Waals surface area contributed by atoms with Crippen LogP contribution in [-0.2, 0) is 16.0 Å². The van der Waals surface area contributed by atoms with Crippen LogP contribution in [0.25, 0.3) is 10.2 Å². The highest BCUT2D eigenvalue weighted by Gasteiger charge is 2.33. The summed E-state index contributed by atoms with van der Waals surface area (Å²) in [4.78, 5) is 41.9. The van der Waals surface area contributed by atoms with E-state index in [0.717, 1.165) is 17.7 Å². The number of aliphatic carboxylic acids is 2. The molecule has 0 aliphatic heterocycles. The van der Waals surface area contributed by atoms with Gasteiger partial charge in [0.1, 0.15) is 16.7 Å². The minimum Gasteiger partial charge on any atom is -0.481 e. The zero-order chi connectivity index (χ0) is 17.6. The summed E-state index contributed by atoms with van der Waals surface area (Å²) in [7, 11) is 0. The van der Waals surface area contributed by atoms with Crippen LogP contribution in [0.2, 0.25) is 0 Å². The monoisotopic (exact) mass is 350 g/mol. The summed E-state index contributed by atoms with van der Waals surface area (Å²) in [6.07, 6.45) is 2.22. The topological polar surface area (TPSA) is 109 Å². The average molecular weight is 350 g/mol. The molecule has 0 saturated carbocycles. The van der Waals surface area contributed by atoms with Gasteiger partial charge in [0.15, 0.2) is 0 Å². The van der Waals surface area contributed by atoms with Crippen LogP contribution < -0.4 is 5.56 Å². The Labute approximate surface area is 141 Å². The van der Waals surface area contributed by atoms with Gasteiger partial charge in [-0.2, -0.15) is 0 Å². The second-order valence-electron chi connectivity index (χ2n) is 6.00. The molecule has 1 aliphatic carbocycles. The molecule has 0 aromatic carbocycles. The molecule has 0 radical (unpaired) electrons. The lowest BCUT2D eigenvalue weighted by atomic mass is 9.86. The fourth-order valence-electron chi connectivity index (χ4n) is 3.48. The van der Waals surface area contributed by atoms with Crippen molar-refractivity contribution in [3.63, 3.8) is 0 Å². The fourth-order valence-corrected chi connectivity index (χ4v) is 4.79. The van der Waals surface area contributed by atoms with Gasteiger partial charge in [0, 0.05) is 4.88 Å². The van der Waals surface area contributed by atoms with Gasteiger partial charge in [0.2, 0.25) is 0 Å². The van der Waals surface area contributed by atoms with Gasteiger partial charge in [0.05, 0.1) is 11.3 Å². The number of hydrogen-bond acceptors (Lipinski definition) is 5. The summed E-state index contributed by atoms with van der Waals surface area (Å²) >= 11 is 1.35. The highest BCUT2D eigenvalue weighted by Crippen LogP contribution is 2.40. The summed E-state index contributed by atoms with van der Waals surface area (Å²) in [5, 5.41) is 19.2. The Morgan fingerprint density at radius 3 is 2.71 bits per heavy atom. The molecule has 2 aromatic heterocycles. The molecule has 0 spiro atoms. The number of carboxylic acid groups (broad SMARTS) is 2. The number of carboxylic acids is 2. The maximum Gasteiger partial charge on any atom is 0.326 e. The zero-order valence-corrected chi connectivity index (χ0v) is 14.2. The first-order valence-electron chi connectivity index (χ1n) is 7.86. The first-order valence-corrected chi connectivity index (χ1v) is 8.68. The van der Waals surface area contributed by atoms with Crippen LogP contribution >= 0.6 is 11.3 Å². The standard InChI is InChI=1S/C16H18N2O5S/c1-3-9(16(22)23)18-7(2)17-13-12(14(18)19)11-8(15(20)21)5-4-6-10(11)24-13/h8-9H,3-6H2,1-2H3,(H,20,21)(H,22,23). The Bertz CT molecular complexity index is 898. The van der Waals surface area contributed by atoms with Crippen LogP contribution in [0.3, 0.4) is 0 Å². The van der Waals surface area contributed by atoms with E-state index in [-0.39, 0.29) is 11.8 Å². The molecule has 2 unspecified atom stereocenters. The molecule has 0 bridgehead atoms. The number of carbonyl (C=O) groups is 2. The van der Waals surface area contributed by atoms with E-state index in [1.807, 2.05) is 0 Å². The largest absolute Gasteiger partial charge is 0.481 e. The average Bonchev–Trinajstić information content (AvgIpc) is 2.88. The van der Waals surface area contributed by atoms with Crippen LogP contribution in [0.5, 0.6) is 0 Å². The molecular formula is C16H18N2O5S. The number of aryl methyl sites for hydroxylation is 2. The van der Waals surface area contributed by atoms with Crippen LogP contribution in [0.1, 0.15) is 54.4 Å². The summed E-state index contributed by atoms with van der Waals surface area (Å²) in [5.41, 5.74) is 0.0950. The maximum atomic E-state index is 13.0. The van der Waals surface area contributed by atoms with Crippen molar-refractivity contribution in [1.82, 2.24) is 9.55 Å². The van der Waals surface area contributed by atoms with E-state index in [2.05, 4.69) is 4.98 Å².